The average molecular weight is 1010 g/mol. The molecule has 0 saturated carbocycles. The van der Waals surface area contributed by atoms with Crippen LogP contribution in [0.25, 0.3) is 33.5 Å². The summed E-state index contributed by atoms with van der Waals surface area (Å²) in [5.41, 5.74) is 10.1. The van der Waals surface area contributed by atoms with Crippen LogP contribution in [0.3, 0.4) is 0 Å². The van der Waals surface area contributed by atoms with Crippen molar-refractivity contribution in [3.05, 3.63) is 165 Å². The van der Waals surface area contributed by atoms with E-state index in [1.54, 1.807) is 31.3 Å². The quantitative estimate of drug-likeness (QED) is 0.0633. The molecule has 0 fully saturated rings. The lowest BCUT2D eigenvalue weighted by Gasteiger charge is -2.16. The SMILES string of the molecule is CS(=O)(=O)CCNCc1ccc(-c2ccc3ncnc(Nc4ccc(OCc5cccc(F)c5)c(Cl)c4)c3c2)o1.Cn1ncc(Cl)c1-c1cc(C(=O)N[C@H](CN)Cc2ccc(F)c(F)c2)oc1Cl. The van der Waals surface area contributed by atoms with Gasteiger partial charge < -0.3 is 35.3 Å². The van der Waals surface area contributed by atoms with Gasteiger partial charge in [0.05, 0.1) is 45.3 Å². The maximum Gasteiger partial charge on any atom is 0.287 e. The van der Waals surface area contributed by atoms with Crippen molar-refractivity contribution in [2.24, 2.45) is 12.8 Å². The summed E-state index contributed by atoms with van der Waals surface area (Å²) < 4.78 is 81.0. The maximum atomic E-state index is 13.4. The summed E-state index contributed by atoms with van der Waals surface area (Å²) in [6.45, 7) is 1.04. The highest BCUT2D eigenvalue weighted by molar-refractivity contribution is 7.90. The average Bonchev–Trinajstić information content (AvgIpc) is 4.03. The van der Waals surface area contributed by atoms with Crippen LogP contribution in [0.2, 0.25) is 15.3 Å². The molecule has 21 heteroatoms. The van der Waals surface area contributed by atoms with Gasteiger partial charge in [-0.3, -0.25) is 9.48 Å². The van der Waals surface area contributed by atoms with Crippen LogP contribution >= 0.6 is 34.8 Å². The van der Waals surface area contributed by atoms with E-state index in [0.29, 0.717) is 74.3 Å². The standard InChI is InChI=1S/C29H26ClFN4O4S.C18H16Cl2F2N4O2/c1-40(36,37)12-11-32-16-23-7-10-27(39-23)20-5-8-26-24(14-20)29(34-18-33-26)35-22-6-9-28(25(30)15-22)38-17-19-3-2-4-21(31)13-19;1-26-16(12(19)8-24-26)11-6-15(28-17(11)20)18(27)25-10(7-23)4-9-2-3-13(21)14(22)5-9/h2-10,13-15,18,32H,11-12,16-17H2,1H3,(H,33,34,35);2-3,5-6,8,10H,4,7,23H2,1H3,(H,25,27)/t;10-/m.0/s1. The lowest BCUT2D eigenvalue weighted by molar-refractivity contribution is 0.0910. The molecule has 0 spiro atoms. The van der Waals surface area contributed by atoms with Gasteiger partial charge in [0.25, 0.3) is 5.91 Å². The van der Waals surface area contributed by atoms with Gasteiger partial charge in [0.15, 0.2) is 17.4 Å². The van der Waals surface area contributed by atoms with Gasteiger partial charge in [0.2, 0.25) is 5.22 Å². The highest BCUT2D eigenvalue weighted by Crippen LogP contribution is 2.36. The molecule has 354 valence electrons. The minimum absolute atomic E-state index is 0.0134. The van der Waals surface area contributed by atoms with Crippen LogP contribution in [0.5, 0.6) is 5.75 Å². The first-order valence-corrected chi connectivity index (χ1v) is 23.8. The largest absolute Gasteiger partial charge is 0.487 e. The number of ether oxygens (including phenoxy) is 1. The molecule has 1 atom stereocenters. The van der Waals surface area contributed by atoms with Crippen molar-refractivity contribution in [2.75, 3.05) is 30.4 Å². The first-order valence-electron chi connectivity index (χ1n) is 20.6. The van der Waals surface area contributed by atoms with Crippen LogP contribution in [0.1, 0.15) is 27.4 Å². The Labute approximate surface area is 403 Å². The minimum Gasteiger partial charge on any atom is -0.487 e. The van der Waals surface area contributed by atoms with Gasteiger partial charge >= 0.3 is 0 Å². The second kappa shape index (κ2) is 22.1. The van der Waals surface area contributed by atoms with E-state index in [9.17, 15) is 26.4 Å². The Morgan fingerprint density at radius 1 is 0.897 bits per heavy atom. The number of benzene rings is 4. The summed E-state index contributed by atoms with van der Waals surface area (Å²) in [6.07, 6.45) is 4.36. The van der Waals surface area contributed by atoms with Gasteiger partial charge in [-0.1, -0.05) is 41.4 Å². The van der Waals surface area contributed by atoms with Gasteiger partial charge in [0.1, 0.15) is 51.7 Å². The number of anilines is 2. The Morgan fingerprint density at radius 3 is 2.44 bits per heavy atom. The number of carbonyl (C=O) groups is 1. The normalized spacial score (nSPS) is 11.8. The number of amides is 1. The molecule has 0 bridgehead atoms. The van der Waals surface area contributed by atoms with Crippen molar-refractivity contribution in [1.82, 2.24) is 30.4 Å². The van der Waals surface area contributed by atoms with Crippen molar-refractivity contribution < 1.29 is 40.0 Å². The van der Waals surface area contributed by atoms with Crippen LogP contribution in [-0.2, 0) is 36.5 Å². The molecule has 0 unspecified atom stereocenters. The fourth-order valence-corrected chi connectivity index (χ4v) is 8.03. The molecule has 0 saturated heterocycles. The molecular formula is C47H42Cl3F3N8O6S. The minimum atomic E-state index is -3.02. The first-order chi connectivity index (χ1) is 32.5. The summed E-state index contributed by atoms with van der Waals surface area (Å²) in [5.74, 6) is -0.323. The Balaban J connectivity index is 0.000000215. The number of hydrogen-bond acceptors (Lipinski definition) is 12. The van der Waals surface area contributed by atoms with E-state index in [-0.39, 0.29) is 42.1 Å². The molecular weight excluding hydrogens is 968 g/mol. The Bertz CT molecular complexity index is 3170. The van der Waals surface area contributed by atoms with Crippen LogP contribution < -0.4 is 26.4 Å². The molecule has 0 aliphatic heterocycles. The third-order valence-electron chi connectivity index (χ3n) is 10.2. The monoisotopic (exact) mass is 1010 g/mol. The fraction of sp³-hybridized carbons (Fsp3) is 0.191. The predicted octanol–water partition coefficient (Wildman–Crippen LogP) is 9.70. The molecule has 5 N–H and O–H groups in total. The number of nitrogens with zero attached hydrogens (tertiary/aromatic N) is 4. The molecule has 68 heavy (non-hydrogen) atoms. The first kappa shape index (κ1) is 49.5. The van der Waals surface area contributed by atoms with Gasteiger partial charge in [-0.05, 0) is 102 Å². The summed E-state index contributed by atoms with van der Waals surface area (Å²) in [5, 5.41) is 14.6. The van der Waals surface area contributed by atoms with Crippen molar-refractivity contribution >= 4 is 73.0 Å². The molecule has 8 rings (SSSR count). The summed E-state index contributed by atoms with van der Waals surface area (Å²) in [4.78, 5) is 21.3. The molecule has 4 aromatic heterocycles. The second-order valence-electron chi connectivity index (χ2n) is 15.3. The van der Waals surface area contributed by atoms with E-state index in [2.05, 4.69) is 31.0 Å². The number of rotatable bonds is 17. The van der Waals surface area contributed by atoms with Gasteiger partial charge in [-0.25, -0.2) is 31.6 Å². The van der Waals surface area contributed by atoms with Crippen LogP contribution in [0.4, 0.5) is 24.7 Å². The van der Waals surface area contributed by atoms with Crippen molar-refractivity contribution in [3.63, 3.8) is 0 Å². The lowest BCUT2D eigenvalue weighted by Crippen LogP contribution is -2.41. The van der Waals surface area contributed by atoms with E-state index >= 15 is 0 Å². The second-order valence-corrected chi connectivity index (χ2v) is 18.8. The number of sulfone groups is 1. The van der Waals surface area contributed by atoms with Crippen molar-refractivity contribution in [2.45, 2.75) is 25.6 Å². The number of fused-ring (bicyclic) bond motifs is 1. The van der Waals surface area contributed by atoms with Gasteiger partial charge in [0, 0.05) is 55.1 Å². The lowest BCUT2D eigenvalue weighted by atomic mass is 10.1. The molecule has 14 nitrogen and oxygen atoms in total. The summed E-state index contributed by atoms with van der Waals surface area (Å²) in [6, 6.07) is 25.4. The van der Waals surface area contributed by atoms with E-state index < -0.39 is 33.4 Å². The predicted molar refractivity (Wildman–Crippen MR) is 255 cm³/mol. The number of furan rings is 2. The van der Waals surface area contributed by atoms with Crippen LogP contribution in [0.15, 0.2) is 118 Å². The highest BCUT2D eigenvalue weighted by atomic mass is 35.5. The molecule has 0 aliphatic carbocycles. The Kier molecular flexibility index (Phi) is 16.1. The number of halogens is 6. The van der Waals surface area contributed by atoms with E-state index in [1.165, 1.54) is 47.7 Å². The maximum absolute atomic E-state index is 13.4. The zero-order chi connectivity index (χ0) is 48.5. The zero-order valence-corrected chi connectivity index (χ0v) is 39.3. The third-order valence-corrected chi connectivity index (χ3v) is 12.0. The third kappa shape index (κ3) is 13.0. The van der Waals surface area contributed by atoms with Crippen LogP contribution in [-0.4, -0.2) is 65.2 Å². The summed E-state index contributed by atoms with van der Waals surface area (Å²) >= 11 is 18.7. The van der Waals surface area contributed by atoms with Gasteiger partial charge in [-0.15, -0.1) is 0 Å². The Morgan fingerprint density at radius 2 is 1.72 bits per heavy atom. The number of carbonyl (C=O) groups excluding carboxylic acids is 1. The molecule has 4 heterocycles. The number of nitrogens with one attached hydrogen (secondary N) is 3. The van der Waals surface area contributed by atoms with E-state index in [4.69, 9.17) is 54.1 Å². The molecule has 1 amide bonds. The number of hydrogen-bond donors (Lipinski definition) is 4. The number of aromatic nitrogens is 4. The van der Waals surface area contributed by atoms with Crippen molar-refractivity contribution in [1.29, 1.82) is 0 Å². The smallest absolute Gasteiger partial charge is 0.287 e. The topological polar surface area (TPSA) is 192 Å². The highest BCUT2D eigenvalue weighted by Gasteiger charge is 2.23. The van der Waals surface area contributed by atoms with Crippen LogP contribution in [0, 0.1) is 17.5 Å². The van der Waals surface area contributed by atoms with Crippen molar-refractivity contribution in [3.8, 4) is 28.3 Å². The molecule has 0 radical (unpaired) electrons. The van der Waals surface area contributed by atoms with E-state index in [0.717, 1.165) is 28.6 Å². The molecule has 4 aromatic carbocycles. The van der Waals surface area contributed by atoms with E-state index in [1.807, 2.05) is 36.4 Å². The number of aryl methyl sites for hydroxylation is 1. The fourth-order valence-electron chi connectivity index (χ4n) is 6.78. The molecule has 0 aliphatic rings. The number of nitrogens with two attached hydrogens (primary N) is 1. The zero-order valence-electron chi connectivity index (χ0n) is 36.2. The van der Waals surface area contributed by atoms with Gasteiger partial charge in [-0.2, -0.15) is 5.10 Å². The summed E-state index contributed by atoms with van der Waals surface area (Å²) in [7, 11) is -1.34. The Hall–Kier alpha value is -6.41. The molecule has 8 aromatic rings.